The molecule has 3 atom stereocenters. The Hall–Kier alpha value is -2.25. The van der Waals surface area contributed by atoms with E-state index in [9.17, 15) is 14.4 Å². The summed E-state index contributed by atoms with van der Waals surface area (Å²) in [4.78, 5) is 45.3. The smallest absolute Gasteiger partial charge is 0.261 e. The summed E-state index contributed by atoms with van der Waals surface area (Å²) in [7, 11) is 0. The van der Waals surface area contributed by atoms with Gasteiger partial charge in [0.2, 0.25) is 11.8 Å². The topological polar surface area (TPSA) is 92.9 Å². The van der Waals surface area contributed by atoms with Crippen LogP contribution in [0.4, 0.5) is 0 Å². The number of carbonyl (C=O) groups excluding carboxylic acids is 3. The zero-order valence-electron chi connectivity index (χ0n) is 16.4. The second-order valence-electron chi connectivity index (χ2n) is 8.22. The normalized spacial score (nSPS) is 28.8. The Morgan fingerprint density at radius 1 is 1.11 bits per heavy atom. The third kappa shape index (κ3) is 3.12. The van der Waals surface area contributed by atoms with Crippen LogP contribution in [0.3, 0.4) is 0 Å². The molecule has 1 saturated carbocycles. The Morgan fingerprint density at radius 3 is 2.46 bits per heavy atom. The maximum atomic E-state index is 13.3. The highest BCUT2D eigenvalue weighted by Gasteiger charge is 2.60. The predicted molar refractivity (Wildman–Crippen MR) is 102 cm³/mol. The van der Waals surface area contributed by atoms with Crippen LogP contribution >= 0.6 is 0 Å². The Labute approximate surface area is 164 Å². The summed E-state index contributed by atoms with van der Waals surface area (Å²) in [5.41, 5.74) is 8.48. The van der Waals surface area contributed by atoms with Crippen molar-refractivity contribution < 1.29 is 19.2 Å². The molecule has 1 aromatic carbocycles. The molecular formula is C21H27N3O4. The van der Waals surface area contributed by atoms with Crippen LogP contribution in [0.1, 0.15) is 54.8 Å². The summed E-state index contributed by atoms with van der Waals surface area (Å²) >= 11 is 0. The molecule has 3 unspecified atom stereocenters. The maximum absolute atomic E-state index is 13.3. The molecular weight excluding hydrogens is 358 g/mol. The Balaban J connectivity index is 1.69. The van der Waals surface area contributed by atoms with Crippen LogP contribution in [0.2, 0.25) is 0 Å². The van der Waals surface area contributed by atoms with E-state index in [1.54, 1.807) is 0 Å². The number of likely N-dealkylation sites (tertiary alicyclic amines) is 1. The minimum Gasteiger partial charge on any atom is -0.368 e. The summed E-state index contributed by atoms with van der Waals surface area (Å²) in [5.74, 6) is -1.66. The van der Waals surface area contributed by atoms with Crippen molar-refractivity contribution in [2.45, 2.75) is 64.1 Å². The van der Waals surface area contributed by atoms with Crippen molar-refractivity contribution in [2.24, 2.45) is 11.7 Å². The molecule has 3 aliphatic rings. The molecule has 4 rings (SSSR count). The predicted octanol–water partition coefficient (Wildman–Crippen LogP) is 1.76. The van der Waals surface area contributed by atoms with Crippen molar-refractivity contribution in [1.29, 1.82) is 0 Å². The molecule has 0 spiro atoms. The number of amides is 3. The average molecular weight is 385 g/mol. The third-order valence-corrected chi connectivity index (χ3v) is 6.35. The lowest BCUT2D eigenvalue weighted by atomic mass is 9.89. The number of fused-ring (bicyclic) bond motifs is 1. The van der Waals surface area contributed by atoms with Gasteiger partial charge >= 0.3 is 0 Å². The number of nitrogens with zero attached hydrogens (tertiary/aromatic N) is 2. The zero-order valence-corrected chi connectivity index (χ0v) is 16.4. The van der Waals surface area contributed by atoms with Gasteiger partial charge in [0.1, 0.15) is 6.54 Å². The lowest BCUT2D eigenvalue weighted by molar-refractivity contribution is -0.183. The van der Waals surface area contributed by atoms with E-state index in [1.165, 1.54) is 9.96 Å². The molecule has 7 nitrogen and oxygen atoms in total. The first kappa shape index (κ1) is 19.1. The number of hydrogen-bond donors (Lipinski definition) is 1. The van der Waals surface area contributed by atoms with Crippen molar-refractivity contribution in [3.8, 4) is 0 Å². The number of hydroxylamine groups is 2. The highest BCUT2D eigenvalue weighted by atomic mass is 16.7. The van der Waals surface area contributed by atoms with Crippen molar-refractivity contribution in [2.75, 3.05) is 6.54 Å². The van der Waals surface area contributed by atoms with Gasteiger partial charge in [-0.15, -0.1) is 0 Å². The third-order valence-electron chi connectivity index (χ3n) is 6.35. The monoisotopic (exact) mass is 385 g/mol. The van der Waals surface area contributed by atoms with Gasteiger partial charge in [0, 0.05) is 6.04 Å². The average Bonchev–Trinajstić information content (AvgIpc) is 3.13. The van der Waals surface area contributed by atoms with Gasteiger partial charge in [0.05, 0.1) is 12.0 Å². The van der Waals surface area contributed by atoms with Crippen LogP contribution in [-0.4, -0.2) is 46.4 Å². The molecule has 2 heterocycles. The highest BCUT2D eigenvalue weighted by molar-refractivity contribution is 6.07. The van der Waals surface area contributed by atoms with Gasteiger partial charge in [-0.3, -0.25) is 24.1 Å². The fourth-order valence-electron chi connectivity index (χ4n) is 4.80. The van der Waals surface area contributed by atoms with Gasteiger partial charge in [-0.05, 0) is 43.4 Å². The Bertz CT molecular complexity index is 818. The van der Waals surface area contributed by atoms with E-state index in [-0.39, 0.29) is 24.4 Å². The second-order valence-corrected chi connectivity index (χ2v) is 8.22. The van der Waals surface area contributed by atoms with Gasteiger partial charge in [0.15, 0.2) is 6.10 Å². The molecule has 0 aromatic heterocycles. The molecule has 7 heteroatoms. The highest BCUT2D eigenvalue weighted by Crippen LogP contribution is 2.46. The van der Waals surface area contributed by atoms with Crippen molar-refractivity contribution >= 4 is 17.7 Å². The molecule has 0 bridgehead atoms. The van der Waals surface area contributed by atoms with Crippen LogP contribution < -0.4 is 5.73 Å². The van der Waals surface area contributed by atoms with Crippen LogP contribution in [0.5, 0.6) is 0 Å². The van der Waals surface area contributed by atoms with Gasteiger partial charge in [-0.25, -0.2) is 0 Å². The summed E-state index contributed by atoms with van der Waals surface area (Å²) in [6, 6.07) is 5.39. The standard InChI is InChI=1S/C21H27N3O4/c1-12-8-9-14(10-13(12)2)18-17-19(28-23(18)11-16(22)25)21(27)24(20(17)26)15-6-4-3-5-7-15/h8-10,15,17-19H,3-7,11H2,1-2H3,(H2,22,25). The zero-order chi connectivity index (χ0) is 20.0. The van der Waals surface area contributed by atoms with E-state index in [0.717, 1.165) is 48.8 Å². The summed E-state index contributed by atoms with van der Waals surface area (Å²) in [5, 5.41) is 1.43. The summed E-state index contributed by atoms with van der Waals surface area (Å²) in [6.07, 6.45) is 4.05. The summed E-state index contributed by atoms with van der Waals surface area (Å²) < 4.78 is 0. The Morgan fingerprint density at radius 2 is 1.82 bits per heavy atom. The number of benzene rings is 1. The maximum Gasteiger partial charge on any atom is 0.261 e. The lowest BCUT2D eigenvalue weighted by Crippen LogP contribution is -2.45. The molecule has 3 fully saturated rings. The fraction of sp³-hybridized carbons (Fsp3) is 0.571. The largest absolute Gasteiger partial charge is 0.368 e. The van der Waals surface area contributed by atoms with E-state index in [4.69, 9.17) is 10.6 Å². The van der Waals surface area contributed by atoms with E-state index in [0.29, 0.717) is 0 Å². The first-order valence-electron chi connectivity index (χ1n) is 10.0. The van der Waals surface area contributed by atoms with Gasteiger partial charge in [-0.1, -0.05) is 37.5 Å². The van der Waals surface area contributed by atoms with Crippen molar-refractivity contribution in [1.82, 2.24) is 9.96 Å². The van der Waals surface area contributed by atoms with E-state index >= 15 is 0 Å². The Kier molecular flexibility index (Phi) is 4.97. The van der Waals surface area contributed by atoms with Gasteiger partial charge < -0.3 is 5.73 Å². The summed E-state index contributed by atoms with van der Waals surface area (Å²) in [6.45, 7) is 3.86. The number of hydrogen-bond acceptors (Lipinski definition) is 5. The molecule has 2 saturated heterocycles. The van der Waals surface area contributed by atoms with Gasteiger partial charge in [-0.2, -0.15) is 5.06 Å². The van der Waals surface area contributed by atoms with Crippen LogP contribution in [0.25, 0.3) is 0 Å². The van der Waals surface area contributed by atoms with E-state index in [2.05, 4.69) is 0 Å². The fourth-order valence-corrected chi connectivity index (χ4v) is 4.80. The van der Waals surface area contributed by atoms with E-state index < -0.39 is 24.0 Å². The van der Waals surface area contributed by atoms with Crippen molar-refractivity contribution in [3.05, 3.63) is 34.9 Å². The molecule has 2 aliphatic heterocycles. The lowest BCUT2D eigenvalue weighted by Gasteiger charge is -2.32. The first-order chi connectivity index (χ1) is 13.4. The SMILES string of the molecule is Cc1ccc(C2C3C(=O)N(C4CCCCC4)C(=O)C3ON2CC(N)=O)cc1C. The number of imide groups is 1. The second kappa shape index (κ2) is 7.29. The van der Waals surface area contributed by atoms with Crippen LogP contribution in [0, 0.1) is 19.8 Å². The molecule has 28 heavy (non-hydrogen) atoms. The molecule has 2 N–H and O–H groups in total. The molecule has 0 radical (unpaired) electrons. The van der Waals surface area contributed by atoms with E-state index in [1.807, 2.05) is 32.0 Å². The molecule has 3 amide bonds. The van der Waals surface area contributed by atoms with Crippen molar-refractivity contribution in [3.63, 3.8) is 0 Å². The number of primary amides is 1. The molecule has 1 aliphatic carbocycles. The molecule has 1 aromatic rings. The quantitative estimate of drug-likeness (QED) is 0.798. The molecule has 150 valence electrons. The first-order valence-corrected chi connectivity index (χ1v) is 10.0. The minimum absolute atomic E-state index is 0.0343. The number of rotatable bonds is 4. The number of nitrogens with two attached hydrogens (primary N) is 1. The van der Waals surface area contributed by atoms with Crippen LogP contribution in [-0.2, 0) is 19.2 Å². The minimum atomic E-state index is -0.875. The van der Waals surface area contributed by atoms with Crippen LogP contribution in [0.15, 0.2) is 18.2 Å². The number of aryl methyl sites for hydroxylation is 2. The number of carbonyl (C=O) groups is 3. The van der Waals surface area contributed by atoms with Gasteiger partial charge in [0.25, 0.3) is 5.91 Å².